The van der Waals surface area contributed by atoms with E-state index in [9.17, 15) is 14.9 Å². The Bertz CT molecular complexity index is 1280. The number of nitro groups is 1. The number of benzene rings is 2. The molecule has 9 nitrogen and oxygen atoms in total. The molecule has 0 radical (unpaired) electrons. The van der Waals surface area contributed by atoms with E-state index in [2.05, 4.69) is 15.2 Å². The zero-order valence-electron chi connectivity index (χ0n) is 14.5. The summed E-state index contributed by atoms with van der Waals surface area (Å²) >= 11 is 6.06. The summed E-state index contributed by atoms with van der Waals surface area (Å²) < 4.78 is 7.08. The van der Waals surface area contributed by atoms with Crippen LogP contribution in [0.15, 0.2) is 51.7 Å². The molecule has 2 heterocycles. The monoisotopic (exact) mass is 397 g/mol. The Labute approximate surface area is 162 Å². The number of nitrogens with zero attached hydrogens (tertiary/aromatic N) is 5. The smallest absolute Gasteiger partial charge is 0.272 e. The third kappa shape index (κ3) is 3.23. The molecule has 0 aliphatic carbocycles. The zero-order valence-corrected chi connectivity index (χ0v) is 15.3. The zero-order chi connectivity index (χ0) is 19.8. The van der Waals surface area contributed by atoms with Crippen LogP contribution in [0.5, 0.6) is 0 Å². The molecule has 0 N–H and O–H groups in total. The summed E-state index contributed by atoms with van der Waals surface area (Å²) in [5, 5.41) is 19.3. The van der Waals surface area contributed by atoms with Gasteiger partial charge in [-0.15, -0.1) is 10.2 Å². The van der Waals surface area contributed by atoms with E-state index in [0.717, 1.165) is 0 Å². The molecule has 0 fully saturated rings. The van der Waals surface area contributed by atoms with Crippen molar-refractivity contribution in [2.75, 3.05) is 0 Å². The molecule has 4 rings (SSSR count). The lowest BCUT2D eigenvalue weighted by atomic mass is 10.2. The fraction of sp³-hybridized carbons (Fsp3) is 0.111. The summed E-state index contributed by atoms with van der Waals surface area (Å²) in [4.78, 5) is 27.3. The Balaban J connectivity index is 1.75. The molecule has 0 spiro atoms. The normalized spacial score (nSPS) is 11.1. The van der Waals surface area contributed by atoms with Crippen LogP contribution in [0.2, 0.25) is 5.02 Å². The van der Waals surface area contributed by atoms with E-state index in [1.807, 2.05) is 0 Å². The minimum absolute atomic E-state index is 0.0148. The molecule has 28 heavy (non-hydrogen) atoms. The number of non-ortho nitro benzene ring substituents is 1. The fourth-order valence-electron chi connectivity index (χ4n) is 2.82. The molecule has 0 amide bonds. The average molecular weight is 398 g/mol. The highest BCUT2D eigenvalue weighted by atomic mass is 35.5. The highest BCUT2D eigenvalue weighted by molar-refractivity contribution is 6.31. The van der Waals surface area contributed by atoms with Crippen LogP contribution in [0.3, 0.4) is 0 Å². The summed E-state index contributed by atoms with van der Waals surface area (Å²) in [6, 6.07) is 10.9. The lowest BCUT2D eigenvalue weighted by Gasteiger charge is -2.09. The SMILES string of the molecule is Cc1nc2ccc(Cl)cc2n(Cc2nnc(-c3cccc([N+](=O)[O-])c3)o2)c1=O. The number of nitro benzene ring substituents is 1. The van der Waals surface area contributed by atoms with Crippen molar-refractivity contribution in [3.8, 4) is 11.5 Å². The Morgan fingerprint density at radius 1 is 1.21 bits per heavy atom. The van der Waals surface area contributed by atoms with Crippen LogP contribution in [-0.2, 0) is 6.54 Å². The van der Waals surface area contributed by atoms with E-state index in [4.69, 9.17) is 16.0 Å². The molecule has 2 aromatic heterocycles. The number of halogens is 1. The van der Waals surface area contributed by atoms with Gasteiger partial charge in [-0.1, -0.05) is 17.7 Å². The van der Waals surface area contributed by atoms with Gasteiger partial charge in [0.15, 0.2) is 0 Å². The van der Waals surface area contributed by atoms with Crippen molar-refractivity contribution in [1.82, 2.24) is 19.7 Å². The summed E-state index contributed by atoms with van der Waals surface area (Å²) in [5.74, 6) is 0.301. The highest BCUT2D eigenvalue weighted by Crippen LogP contribution is 2.23. The second-order valence-corrected chi connectivity index (χ2v) is 6.47. The summed E-state index contributed by atoms with van der Waals surface area (Å²) in [5.41, 5.74) is 1.51. The molecule has 0 saturated carbocycles. The van der Waals surface area contributed by atoms with Crippen molar-refractivity contribution < 1.29 is 9.34 Å². The first kappa shape index (κ1) is 17.8. The molecule has 10 heteroatoms. The lowest BCUT2D eigenvalue weighted by Crippen LogP contribution is -2.24. The standard InChI is InChI=1S/C18H12ClN5O4/c1-10-18(25)23(15-8-12(19)5-6-14(15)20-10)9-16-21-22-17(28-16)11-3-2-4-13(7-11)24(26)27/h2-8H,9H2,1H3. The molecule has 140 valence electrons. The topological polar surface area (TPSA) is 117 Å². The van der Waals surface area contributed by atoms with Gasteiger partial charge in [-0.25, -0.2) is 4.98 Å². The average Bonchev–Trinajstić information content (AvgIpc) is 3.15. The molecule has 2 aromatic carbocycles. The number of aromatic nitrogens is 4. The molecular weight excluding hydrogens is 386 g/mol. The van der Waals surface area contributed by atoms with Crippen LogP contribution in [0, 0.1) is 17.0 Å². The first-order valence-electron chi connectivity index (χ1n) is 8.16. The quantitative estimate of drug-likeness (QED) is 0.382. The van der Waals surface area contributed by atoms with Gasteiger partial charge < -0.3 is 4.42 Å². The van der Waals surface area contributed by atoms with E-state index in [-0.39, 0.29) is 29.6 Å². The first-order chi connectivity index (χ1) is 13.4. The minimum Gasteiger partial charge on any atom is -0.419 e. The molecule has 0 atom stereocenters. The van der Waals surface area contributed by atoms with E-state index in [1.165, 1.54) is 22.8 Å². The van der Waals surface area contributed by atoms with Crippen LogP contribution < -0.4 is 5.56 Å². The van der Waals surface area contributed by atoms with Crippen molar-refractivity contribution in [3.63, 3.8) is 0 Å². The van der Waals surface area contributed by atoms with Crippen molar-refractivity contribution >= 4 is 28.3 Å². The number of fused-ring (bicyclic) bond motifs is 1. The molecule has 0 unspecified atom stereocenters. The van der Waals surface area contributed by atoms with Crippen molar-refractivity contribution in [1.29, 1.82) is 0 Å². The van der Waals surface area contributed by atoms with Gasteiger partial charge in [0.2, 0.25) is 11.8 Å². The maximum atomic E-state index is 12.6. The van der Waals surface area contributed by atoms with Crippen LogP contribution in [0.1, 0.15) is 11.6 Å². The van der Waals surface area contributed by atoms with Gasteiger partial charge in [0.1, 0.15) is 12.2 Å². The van der Waals surface area contributed by atoms with Gasteiger partial charge in [0.25, 0.3) is 11.2 Å². The maximum absolute atomic E-state index is 12.6. The largest absolute Gasteiger partial charge is 0.419 e. The molecule has 4 aromatic rings. The minimum atomic E-state index is -0.504. The van der Waals surface area contributed by atoms with E-state index < -0.39 is 4.92 Å². The van der Waals surface area contributed by atoms with Gasteiger partial charge >= 0.3 is 0 Å². The number of aryl methyl sites for hydroxylation is 1. The molecular formula is C18H12ClN5O4. The van der Waals surface area contributed by atoms with Crippen molar-refractivity contribution in [2.45, 2.75) is 13.5 Å². The fourth-order valence-corrected chi connectivity index (χ4v) is 2.99. The van der Waals surface area contributed by atoms with Gasteiger partial charge in [-0.3, -0.25) is 19.5 Å². The maximum Gasteiger partial charge on any atom is 0.272 e. The number of hydrogen-bond acceptors (Lipinski definition) is 7. The summed E-state index contributed by atoms with van der Waals surface area (Å²) in [6.45, 7) is 1.64. The highest BCUT2D eigenvalue weighted by Gasteiger charge is 2.15. The van der Waals surface area contributed by atoms with E-state index in [1.54, 1.807) is 31.2 Å². The van der Waals surface area contributed by atoms with Crippen LogP contribution in [0.4, 0.5) is 5.69 Å². The summed E-state index contributed by atoms with van der Waals surface area (Å²) in [7, 11) is 0. The molecule has 0 aliphatic heterocycles. The summed E-state index contributed by atoms with van der Waals surface area (Å²) in [6.07, 6.45) is 0. The van der Waals surface area contributed by atoms with Gasteiger partial charge in [0, 0.05) is 22.7 Å². The van der Waals surface area contributed by atoms with Crippen molar-refractivity contribution in [2.24, 2.45) is 0 Å². The van der Waals surface area contributed by atoms with Gasteiger partial charge in [-0.05, 0) is 31.2 Å². The van der Waals surface area contributed by atoms with Crippen LogP contribution in [-0.4, -0.2) is 24.7 Å². The molecule has 0 aliphatic rings. The third-order valence-corrected chi connectivity index (χ3v) is 4.37. The van der Waals surface area contributed by atoms with Gasteiger partial charge in [0.05, 0.1) is 16.0 Å². The first-order valence-corrected chi connectivity index (χ1v) is 8.54. The van der Waals surface area contributed by atoms with Gasteiger partial charge in [-0.2, -0.15) is 0 Å². The lowest BCUT2D eigenvalue weighted by molar-refractivity contribution is -0.384. The molecule has 0 bridgehead atoms. The Morgan fingerprint density at radius 3 is 2.82 bits per heavy atom. The Kier molecular flexibility index (Phi) is 4.36. The van der Waals surface area contributed by atoms with Crippen molar-refractivity contribution in [3.05, 3.63) is 79.5 Å². The third-order valence-electron chi connectivity index (χ3n) is 4.14. The Hall–Kier alpha value is -3.59. The van der Waals surface area contributed by atoms with E-state index >= 15 is 0 Å². The predicted molar refractivity (Wildman–Crippen MR) is 101 cm³/mol. The predicted octanol–water partition coefficient (Wildman–Crippen LogP) is 3.36. The number of rotatable bonds is 4. The number of hydrogen-bond donors (Lipinski definition) is 0. The van der Waals surface area contributed by atoms with Crippen LogP contribution in [0.25, 0.3) is 22.5 Å². The van der Waals surface area contributed by atoms with E-state index in [0.29, 0.717) is 27.3 Å². The second-order valence-electron chi connectivity index (χ2n) is 6.03. The van der Waals surface area contributed by atoms with Crippen LogP contribution >= 0.6 is 11.6 Å². The Morgan fingerprint density at radius 2 is 2.04 bits per heavy atom. The molecule has 0 saturated heterocycles. The second kappa shape index (κ2) is 6.86.